The molecule has 5 nitrogen and oxygen atoms in total. The summed E-state index contributed by atoms with van der Waals surface area (Å²) < 4.78 is 5.44. The number of hydrogen-bond acceptors (Lipinski definition) is 5. The van der Waals surface area contributed by atoms with E-state index in [0.29, 0.717) is 5.25 Å². The third-order valence-electron chi connectivity index (χ3n) is 5.24. The first-order valence-electron chi connectivity index (χ1n) is 9.56. The van der Waals surface area contributed by atoms with E-state index in [2.05, 4.69) is 35.9 Å². The number of methoxy groups -OCH3 is 1. The Bertz CT molecular complexity index is 826. The standard InChI is InChI=1S/C22H29N3O2S/c1-15-11-20(27-5)16(2)10-17(15)13-25-14-18(12-19(25)22(26)24(3)4)28-21-8-6-7-9-23-21/h6-11,18-19H,12-14H2,1-5H3/t18-,19+/m1/s1. The van der Waals surface area contributed by atoms with Gasteiger partial charge in [0.15, 0.2) is 0 Å². The molecule has 1 aromatic heterocycles. The fourth-order valence-corrected chi connectivity index (χ4v) is 4.89. The molecule has 2 atom stereocenters. The average molecular weight is 400 g/mol. The number of benzene rings is 1. The Hall–Kier alpha value is -2.05. The van der Waals surface area contributed by atoms with Crippen LogP contribution >= 0.6 is 11.8 Å². The third kappa shape index (κ3) is 4.67. The SMILES string of the molecule is COc1cc(C)c(CN2C[C@H](Sc3ccccn3)C[C@H]2C(=O)N(C)C)cc1C. The Balaban J connectivity index is 1.80. The number of thioether (sulfide) groups is 1. The Kier molecular flexibility index (Phi) is 6.62. The summed E-state index contributed by atoms with van der Waals surface area (Å²) in [5.74, 6) is 1.08. The lowest BCUT2D eigenvalue weighted by atomic mass is 10.0. The second-order valence-electron chi connectivity index (χ2n) is 7.57. The van der Waals surface area contributed by atoms with Gasteiger partial charge < -0.3 is 9.64 Å². The summed E-state index contributed by atoms with van der Waals surface area (Å²) in [4.78, 5) is 21.3. The van der Waals surface area contributed by atoms with E-state index >= 15 is 0 Å². The summed E-state index contributed by atoms with van der Waals surface area (Å²) in [5, 5.41) is 1.37. The summed E-state index contributed by atoms with van der Waals surface area (Å²) in [6.07, 6.45) is 2.66. The largest absolute Gasteiger partial charge is 0.496 e. The number of aryl methyl sites for hydroxylation is 2. The van der Waals surface area contributed by atoms with Gasteiger partial charge in [-0.1, -0.05) is 12.1 Å². The van der Waals surface area contributed by atoms with Crippen LogP contribution in [-0.4, -0.2) is 59.7 Å². The van der Waals surface area contributed by atoms with Crippen LogP contribution in [0.1, 0.15) is 23.1 Å². The van der Waals surface area contributed by atoms with Gasteiger partial charge in [0.2, 0.25) is 5.91 Å². The van der Waals surface area contributed by atoms with Crippen molar-refractivity contribution in [2.45, 2.75) is 43.1 Å². The maximum Gasteiger partial charge on any atom is 0.239 e. The number of likely N-dealkylation sites (N-methyl/N-ethyl adjacent to an activating group) is 1. The second-order valence-corrected chi connectivity index (χ2v) is 8.89. The number of amides is 1. The summed E-state index contributed by atoms with van der Waals surface area (Å²) in [6, 6.07) is 10.1. The number of pyridine rings is 1. The van der Waals surface area contributed by atoms with Crippen LogP contribution in [0.4, 0.5) is 0 Å². The highest BCUT2D eigenvalue weighted by Crippen LogP contribution is 2.34. The summed E-state index contributed by atoms with van der Waals surface area (Å²) >= 11 is 1.77. The van der Waals surface area contributed by atoms with Crippen molar-refractivity contribution in [2.24, 2.45) is 0 Å². The van der Waals surface area contributed by atoms with E-state index in [9.17, 15) is 4.79 Å². The Morgan fingerprint density at radius 3 is 2.71 bits per heavy atom. The van der Waals surface area contributed by atoms with Crippen LogP contribution in [0.5, 0.6) is 5.75 Å². The maximum atomic E-state index is 12.8. The van der Waals surface area contributed by atoms with Crippen LogP contribution in [0.3, 0.4) is 0 Å². The number of carbonyl (C=O) groups excluding carboxylic acids is 1. The first kappa shape index (κ1) is 20.7. The normalized spacial score (nSPS) is 19.6. The molecule has 0 saturated carbocycles. The van der Waals surface area contributed by atoms with Gasteiger partial charge in [0.05, 0.1) is 18.2 Å². The van der Waals surface area contributed by atoms with E-state index < -0.39 is 0 Å². The van der Waals surface area contributed by atoms with Crippen molar-refractivity contribution < 1.29 is 9.53 Å². The van der Waals surface area contributed by atoms with E-state index in [-0.39, 0.29) is 11.9 Å². The van der Waals surface area contributed by atoms with E-state index in [1.54, 1.807) is 23.8 Å². The number of aromatic nitrogens is 1. The predicted molar refractivity (Wildman–Crippen MR) is 114 cm³/mol. The molecule has 3 rings (SSSR count). The third-order valence-corrected chi connectivity index (χ3v) is 6.40. The molecule has 2 aromatic rings. The number of ether oxygens (including phenoxy) is 1. The Labute approximate surface area is 172 Å². The van der Waals surface area contributed by atoms with Gasteiger partial charge in [-0.3, -0.25) is 9.69 Å². The van der Waals surface area contributed by atoms with Crippen LogP contribution in [0.25, 0.3) is 0 Å². The minimum absolute atomic E-state index is 0.0991. The van der Waals surface area contributed by atoms with E-state index in [1.807, 2.05) is 38.5 Å². The molecule has 1 aromatic carbocycles. The van der Waals surface area contributed by atoms with Gasteiger partial charge in [0.25, 0.3) is 0 Å². The Morgan fingerprint density at radius 1 is 1.29 bits per heavy atom. The van der Waals surface area contributed by atoms with Crippen LogP contribution in [-0.2, 0) is 11.3 Å². The predicted octanol–water partition coefficient (Wildman–Crippen LogP) is 3.53. The molecule has 0 spiro atoms. The van der Waals surface area contributed by atoms with Crippen molar-refractivity contribution >= 4 is 17.7 Å². The minimum atomic E-state index is -0.0991. The summed E-state index contributed by atoms with van der Waals surface area (Å²) in [5.41, 5.74) is 3.56. The molecule has 0 radical (unpaired) electrons. The number of rotatable bonds is 6. The highest BCUT2D eigenvalue weighted by Gasteiger charge is 2.38. The molecular formula is C22H29N3O2S. The first-order valence-corrected chi connectivity index (χ1v) is 10.4. The van der Waals surface area contributed by atoms with Crippen LogP contribution < -0.4 is 4.74 Å². The van der Waals surface area contributed by atoms with Gasteiger partial charge in [-0.2, -0.15) is 0 Å². The lowest BCUT2D eigenvalue weighted by Gasteiger charge is -2.26. The van der Waals surface area contributed by atoms with E-state index in [1.165, 1.54) is 11.1 Å². The molecule has 1 aliphatic rings. The fraction of sp³-hybridized carbons (Fsp3) is 0.455. The average Bonchev–Trinajstić information content (AvgIpc) is 3.06. The fourth-order valence-electron chi connectivity index (χ4n) is 3.72. The zero-order valence-electron chi connectivity index (χ0n) is 17.3. The molecule has 2 heterocycles. The van der Waals surface area contributed by atoms with Crippen molar-refractivity contribution in [3.63, 3.8) is 0 Å². The van der Waals surface area contributed by atoms with Gasteiger partial charge in [-0.05, 0) is 55.2 Å². The summed E-state index contributed by atoms with van der Waals surface area (Å²) in [7, 11) is 5.37. The molecule has 6 heteroatoms. The second kappa shape index (κ2) is 8.97. The zero-order valence-corrected chi connectivity index (χ0v) is 18.1. The molecule has 1 amide bonds. The quantitative estimate of drug-likeness (QED) is 0.744. The van der Waals surface area contributed by atoms with Gasteiger partial charge in [0, 0.05) is 38.6 Å². The number of hydrogen-bond donors (Lipinski definition) is 0. The minimum Gasteiger partial charge on any atom is -0.496 e. The van der Waals surface area contributed by atoms with Crippen LogP contribution in [0.2, 0.25) is 0 Å². The van der Waals surface area contributed by atoms with E-state index in [0.717, 1.165) is 35.8 Å². The van der Waals surface area contributed by atoms with Crippen molar-refractivity contribution in [3.8, 4) is 5.75 Å². The van der Waals surface area contributed by atoms with Crippen LogP contribution in [0.15, 0.2) is 41.6 Å². The molecular weight excluding hydrogens is 370 g/mol. The van der Waals surface area contributed by atoms with Gasteiger partial charge in [-0.25, -0.2) is 4.98 Å². The van der Waals surface area contributed by atoms with E-state index in [4.69, 9.17) is 4.74 Å². The maximum absolute atomic E-state index is 12.8. The van der Waals surface area contributed by atoms with Gasteiger partial charge in [0.1, 0.15) is 5.75 Å². The number of carbonyl (C=O) groups is 1. The number of likely N-dealkylation sites (tertiary alicyclic amines) is 1. The highest BCUT2D eigenvalue weighted by molar-refractivity contribution is 7.99. The van der Waals surface area contributed by atoms with Crippen molar-refractivity contribution in [1.82, 2.24) is 14.8 Å². The molecule has 0 aliphatic carbocycles. The molecule has 1 fully saturated rings. The molecule has 1 saturated heterocycles. The molecule has 0 N–H and O–H groups in total. The lowest BCUT2D eigenvalue weighted by Crippen LogP contribution is -2.42. The topological polar surface area (TPSA) is 45.7 Å². The molecule has 0 bridgehead atoms. The number of nitrogens with zero attached hydrogens (tertiary/aromatic N) is 3. The van der Waals surface area contributed by atoms with Crippen LogP contribution in [0, 0.1) is 13.8 Å². The van der Waals surface area contributed by atoms with Crippen molar-refractivity contribution in [1.29, 1.82) is 0 Å². The Morgan fingerprint density at radius 2 is 2.07 bits per heavy atom. The first-order chi connectivity index (χ1) is 13.4. The van der Waals surface area contributed by atoms with Crippen molar-refractivity contribution in [2.75, 3.05) is 27.7 Å². The smallest absolute Gasteiger partial charge is 0.239 e. The monoisotopic (exact) mass is 399 g/mol. The molecule has 0 unspecified atom stereocenters. The molecule has 28 heavy (non-hydrogen) atoms. The van der Waals surface area contributed by atoms with Gasteiger partial charge in [-0.15, -0.1) is 11.8 Å². The van der Waals surface area contributed by atoms with Gasteiger partial charge >= 0.3 is 0 Å². The summed E-state index contributed by atoms with van der Waals surface area (Å²) in [6.45, 7) is 5.81. The highest BCUT2D eigenvalue weighted by atomic mass is 32.2. The lowest BCUT2D eigenvalue weighted by molar-refractivity contribution is -0.133. The zero-order chi connectivity index (χ0) is 20.3. The molecule has 1 aliphatic heterocycles. The van der Waals surface area contributed by atoms with Crippen molar-refractivity contribution in [3.05, 3.63) is 53.2 Å². The molecule has 150 valence electrons.